The van der Waals surface area contributed by atoms with Gasteiger partial charge in [-0.2, -0.15) is 0 Å². The molecule has 2 aromatic carbocycles. The van der Waals surface area contributed by atoms with E-state index in [0.717, 1.165) is 10.9 Å². The zero-order chi connectivity index (χ0) is 23.1. The summed E-state index contributed by atoms with van der Waals surface area (Å²) in [5.41, 5.74) is 1.55. The number of aliphatic hydroxyl groups is 4. The van der Waals surface area contributed by atoms with Crippen molar-refractivity contribution in [1.29, 1.82) is 0 Å². The van der Waals surface area contributed by atoms with E-state index >= 15 is 0 Å². The molecule has 9 nitrogen and oxygen atoms in total. The molecule has 2 aromatic heterocycles. The van der Waals surface area contributed by atoms with Gasteiger partial charge in [0.05, 0.1) is 28.8 Å². The highest BCUT2D eigenvalue weighted by atomic mass is 16.7. The molecule has 0 spiro atoms. The molecule has 4 N–H and O–H groups in total. The summed E-state index contributed by atoms with van der Waals surface area (Å²) in [7, 11) is 0. The zero-order valence-corrected chi connectivity index (χ0v) is 17.2. The predicted molar refractivity (Wildman–Crippen MR) is 118 cm³/mol. The SMILES string of the molecule is O=c1c(-c2ccc3ccccc3n2)coc2cc(O[C@H]3O[C@@H](CO)[C@H](O)[C@@H](O)[C@@H]3O)ccc12. The van der Waals surface area contributed by atoms with Crippen LogP contribution in [0, 0.1) is 0 Å². The smallest absolute Gasteiger partial charge is 0.229 e. The Morgan fingerprint density at radius 1 is 0.970 bits per heavy atom. The van der Waals surface area contributed by atoms with Crippen molar-refractivity contribution in [3.8, 4) is 17.0 Å². The minimum Gasteiger partial charge on any atom is -0.463 e. The van der Waals surface area contributed by atoms with Gasteiger partial charge < -0.3 is 34.3 Å². The molecule has 4 aromatic rings. The van der Waals surface area contributed by atoms with Gasteiger partial charge in [-0.1, -0.05) is 24.3 Å². The number of pyridine rings is 1. The van der Waals surface area contributed by atoms with Crippen LogP contribution in [0.25, 0.3) is 33.1 Å². The highest BCUT2D eigenvalue weighted by molar-refractivity contribution is 5.85. The van der Waals surface area contributed by atoms with Crippen molar-refractivity contribution in [3.63, 3.8) is 0 Å². The van der Waals surface area contributed by atoms with Crippen LogP contribution < -0.4 is 10.2 Å². The molecule has 0 aliphatic carbocycles. The number of hydrogen-bond donors (Lipinski definition) is 4. The van der Waals surface area contributed by atoms with Crippen molar-refractivity contribution >= 4 is 21.9 Å². The molecule has 0 radical (unpaired) electrons. The quantitative estimate of drug-likeness (QED) is 0.360. The van der Waals surface area contributed by atoms with Gasteiger partial charge in [0.15, 0.2) is 0 Å². The van der Waals surface area contributed by atoms with E-state index in [4.69, 9.17) is 13.9 Å². The van der Waals surface area contributed by atoms with Crippen molar-refractivity contribution in [2.45, 2.75) is 30.7 Å². The number of hydrogen-bond acceptors (Lipinski definition) is 9. The molecule has 0 saturated carbocycles. The first-order valence-corrected chi connectivity index (χ1v) is 10.3. The molecule has 3 heterocycles. The lowest BCUT2D eigenvalue weighted by Crippen LogP contribution is -2.60. The first-order chi connectivity index (χ1) is 16.0. The predicted octanol–water partition coefficient (Wildman–Crippen LogP) is 1.19. The molecule has 1 aliphatic heterocycles. The van der Waals surface area contributed by atoms with Gasteiger partial charge in [0.2, 0.25) is 11.7 Å². The second kappa shape index (κ2) is 8.54. The molecular weight excluding hydrogens is 430 g/mol. The maximum atomic E-state index is 13.1. The molecule has 0 amide bonds. The van der Waals surface area contributed by atoms with Crippen LogP contribution in [0.15, 0.2) is 70.1 Å². The average molecular weight is 451 g/mol. The number of para-hydroxylation sites is 1. The standard InChI is InChI=1S/C24H21NO8/c26-10-19-21(28)22(29)23(30)24(33-19)32-13-6-7-14-18(9-13)31-11-15(20(14)27)17-8-5-12-3-1-2-4-16(12)25-17/h1-9,11,19,21-24,26,28-30H,10H2/t19-,21-,22+,23-,24-/m0/s1. The zero-order valence-electron chi connectivity index (χ0n) is 17.2. The molecule has 0 bridgehead atoms. The molecule has 1 aliphatic rings. The fraction of sp³-hybridized carbons (Fsp3) is 0.250. The summed E-state index contributed by atoms with van der Waals surface area (Å²) in [4.78, 5) is 17.6. The third-order valence-electron chi connectivity index (χ3n) is 5.72. The van der Waals surface area contributed by atoms with Gasteiger partial charge in [0.1, 0.15) is 42.0 Å². The van der Waals surface area contributed by atoms with E-state index in [0.29, 0.717) is 16.6 Å². The Morgan fingerprint density at radius 2 is 1.79 bits per heavy atom. The number of fused-ring (bicyclic) bond motifs is 2. The Kier molecular flexibility index (Phi) is 5.57. The lowest BCUT2D eigenvalue weighted by Gasteiger charge is -2.39. The van der Waals surface area contributed by atoms with Gasteiger partial charge in [0.25, 0.3) is 0 Å². The van der Waals surface area contributed by atoms with Crippen LogP contribution in [0.4, 0.5) is 0 Å². The fourth-order valence-electron chi connectivity index (χ4n) is 3.87. The van der Waals surface area contributed by atoms with Gasteiger partial charge in [-0.3, -0.25) is 4.79 Å². The third kappa shape index (κ3) is 3.86. The minimum atomic E-state index is -1.56. The second-order valence-corrected chi connectivity index (χ2v) is 7.84. The molecule has 170 valence electrons. The summed E-state index contributed by atoms with van der Waals surface area (Å²) in [6.45, 7) is -0.566. The Morgan fingerprint density at radius 3 is 2.61 bits per heavy atom. The number of ether oxygens (including phenoxy) is 2. The summed E-state index contributed by atoms with van der Waals surface area (Å²) in [5.74, 6) is 0.201. The average Bonchev–Trinajstić information content (AvgIpc) is 2.84. The van der Waals surface area contributed by atoms with Gasteiger partial charge >= 0.3 is 0 Å². The van der Waals surface area contributed by atoms with E-state index in [1.807, 2.05) is 30.3 Å². The summed E-state index contributed by atoms with van der Waals surface area (Å²) in [6.07, 6.45) is -5.70. The Hall–Kier alpha value is -3.34. The van der Waals surface area contributed by atoms with Gasteiger partial charge in [0, 0.05) is 11.5 Å². The number of aliphatic hydroxyl groups excluding tert-OH is 4. The van der Waals surface area contributed by atoms with Crippen LogP contribution in [0.2, 0.25) is 0 Å². The Bertz CT molecular complexity index is 1370. The largest absolute Gasteiger partial charge is 0.463 e. The summed E-state index contributed by atoms with van der Waals surface area (Å²) in [5, 5.41) is 40.5. The lowest BCUT2D eigenvalue weighted by molar-refractivity contribution is -0.277. The normalized spacial score (nSPS) is 25.4. The molecule has 1 fully saturated rings. The molecular formula is C24H21NO8. The van der Waals surface area contributed by atoms with Crippen LogP contribution in [0.1, 0.15) is 0 Å². The molecule has 33 heavy (non-hydrogen) atoms. The topological polar surface area (TPSA) is 142 Å². The van der Waals surface area contributed by atoms with Gasteiger partial charge in [-0.05, 0) is 24.3 Å². The van der Waals surface area contributed by atoms with Crippen LogP contribution in [-0.2, 0) is 4.74 Å². The van der Waals surface area contributed by atoms with Crippen molar-refractivity contribution in [1.82, 2.24) is 4.98 Å². The van der Waals surface area contributed by atoms with Crippen LogP contribution >= 0.6 is 0 Å². The fourth-order valence-corrected chi connectivity index (χ4v) is 3.87. The van der Waals surface area contributed by atoms with Crippen LogP contribution in [0.3, 0.4) is 0 Å². The van der Waals surface area contributed by atoms with Gasteiger partial charge in [-0.25, -0.2) is 4.98 Å². The number of benzene rings is 2. The minimum absolute atomic E-state index is 0.201. The van der Waals surface area contributed by atoms with Crippen molar-refractivity contribution in [2.75, 3.05) is 6.61 Å². The number of rotatable bonds is 4. The summed E-state index contributed by atoms with van der Waals surface area (Å²) >= 11 is 0. The van der Waals surface area contributed by atoms with E-state index in [9.17, 15) is 25.2 Å². The Balaban J connectivity index is 1.45. The number of aromatic nitrogens is 1. The van der Waals surface area contributed by atoms with Crippen LogP contribution in [0.5, 0.6) is 5.75 Å². The third-order valence-corrected chi connectivity index (χ3v) is 5.72. The molecule has 1 saturated heterocycles. The van der Waals surface area contributed by atoms with Crippen molar-refractivity contribution in [2.24, 2.45) is 0 Å². The highest BCUT2D eigenvalue weighted by Gasteiger charge is 2.44. The molecule has 9 heteroatoms. The monoisotopic (exact) mass is 451 g/mol. The van der Waals surface area contributed by atoms with E-state index in [-0.39, 0.29) is 16.8 Å². The van der Waals surface area contributed by atoms with Crippen LogP contribution in [-0.4, -0.2) is 62.7 Å². The van der Waals surface area contributed by atoms with E-state index in [2.05, 4.69) is 4.98 Å². The van der Waals surface area contributed by atoms with Gasteiger partial charge in [-0.15, -0.1) is 0 Å². The first-order valence-electron chi connectivity index (χ1n) is 10.3. The van der Waals surface area contributed by atoms with E-state index < -0.39 is 37.3 Å². The highest BCUT2D eigenvalue weighted by Crippen LogP contribution is 2.27. The lowest BCUT2D eigenvalue weighted by atomic mass is 9.99. The first kappa shape index (κ1) is 21.5. The van der Waals surface area contributed by atoms with Crippen molar-refractivity contribution < 1.29 is 34.3 Å². The summed E-state index contributed by atoms with van der Waals surface area (Å²) < 4.78 is 16.6. The maximum Gasteiger partial charge on any atom is 0.229 e. The van der Waals surface area contributed by atoms with E-state index in [1.165, 1.54) is 24.5 Å². The van der Waals surface area contributed by atoms with E-state index in [1.54, 1.807) is 6.07 Å². The number of nitrogens with zero attached hydrogens (tertiary/aromatic N) is 1. The maximum absolute atomic E-state index is 13.1. The second-order valence-electron chi connectivity index (χ2n) is 7.84. The Labute approximate surface area is 187 Å². The van der Waals surface area contributed by atoms with Crippen molar-refractivity contribution in [3.05, 3.63) is 71.1 Å². The molecule has 0 unspecified atom stereocenters. The molecule has 5 atom stereocenters. The molecule has 5 rings (SSSR count). The summed E-state index contributed by atoms with van der Waals surface area (Å²) in [6, 6.07) is 15.7.